The van der Waals surface area contributed by atoms with Crippen LogP contribution in [-0.2, 0) is 14.8 Å². The highest BCUT2D eigenvalue weighted by atomic mass is 35.5. The molecule has 19 heavy (non-hydrogen) atoms. The molecule has 0 aromatic heterocycles. The fourth-order valence-corrected chi connectivity index (χ4v) is 2.97. The van der Waals surface area contributed by atoms with Gasteiger partial charge in [0.1, 0.15) is 5.75 Å². The third kappa shape index (κ3) is 6.56. The predicted molar refractivity (Wildman–Crippen MR) is 77.7 cm³/mol. The summed E-state index contributed by atoms with van der Waals surface area (Å²) in [4.78, 5) is 11.6. The van der Waals surface area contributed by atoms with Crippen LogP contribution in [0, 0.1) is 5.92 Å². The number of nitrogens with one attached hydrogen (secondary N) is 2. The van der Waals surface area contributed by atoms with Gasteiger partial charge >= 0.3 is 0 Å². The Morgan fingerprint density at radius 3 is 2.37 bits per heavy atom. The zero-order valence-electron chi connectivity index (χ0n) is 11.2. The van der Waals surface area contributed by atoms with Gasteiger partial charge in [0.05, 0.1) is 0 Å². The highest BCUT2D eigenvalue weighted by molar-refractivity contribution is 7.90. The number of rotatable bonds is 6. The van der Waals surface area contributed by atoms with Gasteiger partial charge in [-0.3, -0.25) is 4.79 Å². The van der Waals surface area contributed by atoms with Crippen LogP contribution in [0.2, 0.25) is 0 Å². The number of amides is 1. The number of nitrogens with two attached hydrogens (primary N) is 1. The molecule has 1 saturated carbocycles. The second-order valence-electron chi connectivity index (χ2n) is 4.77. The maximum Gasteiger partial charge on any atom is 0.236 e. The number of carbonyl (C=O) groups is 1. The Hall–Kier alpha value is -0.370. The van der Waals surface area contributed by atoms with Crippen molar-refractivity contribution < 1.29 is 13.2 Å². The molecular formula is C11H24ClN3O3S. The van der Waals surface area contributed by atoms with Crippen molar-refractivity contribution >= 4 is 28.3 Å². The van der Waals surface area contributed by atoms with Gasteiger partial charge in [0.15, 0.2) is 0 Å². The van der Waals surface area contributed by atoms with Gasteiger partial charge in [-0.25, -0.2) is 13.1 Å². The molecule has 0 radical (unpaired) electrons. The molecular weight excluding hydrogens is 290 g/mol. The largest absolute Gasteiger partial charge is 0.351 e. The van der Waals surface area contributed by atoms with E-state index >= 15 is 0 Å². The standard InChI is InChI=1S/C11H23N3O3S.ClH/c1-13-18(16,17)8-11(15)14-10(7-12)9-5-3-2-4-6-9;/h9-10,13H,2-8,12H2,1H3,(H,14,15);1H. The minimum absolute atomic E-state index is 0. The summed E-state index contributed by atoms with van der Waals surface area (Å²) in [6.45, 7) is 0.357. The molecule has 1 atom stereocenters. The number of sulfonamides is 1. The third-order valence-corrected chi connectivity index (χ3v) is 4.72. The molecule has 0 saturated heterocycles. The Balaban J connectivity index is 0.00000324. The molecule has 1 aliphatic carbocycles. The summed E-state index contributed by atoms with van der Waals surface area (Å²) >= 11 is 0. The van der Waals surface area contributed by atoms with Crippen LogP contribution < -0.4 is 15.8 Å². The van der Waals surface area contributed by atoms with Crippen molar-refractivity contribution in [1.82, 2.24) is 10.0 Å². The summed E-state index contributed by atoms with van der Waals surface area (Å²) in [6, 6.07) is -0.107. The van der Waals surface area contributed by atoms with Gasteiger partial charge < -0.3 is 11.1 Å². The summed E-state index contributed by atoms with van der Waals surface area (Å²) in [5, 5.41) is 2.74. The van der Waals surface area contributed by atoms with Crippen molar-refractivity contribution in [2.75, 3.05) is 19.3 Å². The van der Waals surface area contributed by atoms with Gasteiger partial charge in [0.25, 0.3) is 0 Å². The molecule has 0 spiro atoms. The molecule has 0 heterocycles. The van der Waals surface area contributed by atoms with Gasteiger partial charge in [-0.15, -0.1) is 12.4 Å². The predicted octanol–water partition coefficient (Wildman–Crippen LogP) is -0.0188. The molecule has 0 bridgehead atoms. The smallest absolute Gasteiger partial charge is 0.236 e. The third-order valence-electron chi connectivity index (χ3n) is 3.45. The lowest BCUT2D eigenvalue weighted by Gasteiger charge is -2.30. The molecule has 4 N–H and O–H groups in total. The average Bonchev–Trinajstić information content (AvgIpc) is 2.36. The molecule has 114 valence electrons. The Morgan fingerprint density at radius 1 is 1.32 bits per heavy atom. The Labute approximate surface area is 121 Å². The fraction of sp³-hybridized carbons (Fsp3) is 0.909. The maximum atomic E-state index is 11.6. The lowest BCUT2D eigenvalue weighted by molar-refractivity contribution is -0.119. The van der Waals surface area contributed by atoms with E-state index in [0.717, 1.165) is 25.7 Å². The van der Waals surface area contributed by atoms with Gasteiger partial charge in [-0.05, 0) is 25.8 Å². The molecule has 1 rings (SSSR count). The van der Waals surface area contributed by atoms with E-state index in [4.69, 9.17) is 5.73 Å². The Kier molecular flexibility index (Phi) is 8.56. The highest BCUT2D eigenvalue weighted by Crippen LogP contribution is 2.26. The van der Waals surface area contributed by atoms with Crippen molar-refractivity contribution in [2.45, 2.75) is 38.1 Å². The number of halogens is 1. The van der Waals surface area contributed by atoms with Crippen molar-refractivity contribution in [3.63, 3.8) is 0 Å². The molecule has 1 aliphatic rings. The second-order valence-corrected chi connectivity index (χ2v) is 6.70. The van der Waals surface area contributed by atoms with Crippen LogP contribution in [0.4, 0.5) is 0 Å². The molecule has 1 fully saturated rings. The van der Waals surface area contributed by atoms with Crippen LogP contribution in [0.3, 0.4) is 0 Å². The summed E-state index contributed by atoms with van der Waals surface area (Å²) in [5.41, 5.74) is 5.67. The lowest BCUT2D eigenvalue weighted by Crippen LogP contribution is -2.48. The van der Waals surface area contributed by atoms with Crippen LogP contribution in [-0.4, -0.2) is 39.7 Å². The molecule has 0 aromatic rings. The number of hydrogen-bond acceptors (Lipinski definition) is 4. The molecule has 6 nitrogen and oxygen atoms in total. The molecule has 1 unspecified atom stereocenters. The minimum atomic E-state index is -3.51. The van der Waals surface area contributed by atoms with E-state index in [-0.39, 0.29) is 18.4 Å². The zero-order chi connectivity index (χ0) is 13.6. The normalized spacial score (nSPS) is 18.4. The SMILES string of the molecule is CNS(=O)(=O)CC(=O)NC(CN)C1CCCCC1.Cl. The maximum absolute atomic E-state index is 11.6. The second kappa shape index (κ2) is 8.73. The first-order chi connectivity index (χ1) is 8.48. The van der Waals surface area contributed by atoms with Crippen molar-refractivity contribution in [3.05, 3.63) is 0 Å². The van der Waals surface area contributed by atoms with Crippen LogP contribution >= 0.6 is 12.4 Å². The first-order valence-corrected chi connectivity index (χ1v) is 8.04. The van der Waals surface area contributed by atoms with Gasteiger partial charge in [0.2, 0.25) is 15.9 Å². The van der Waals surface area contributed by atoms with Crippen LogP contribution in [0.5, 0.6) is 0 Å². The van der Waals surface area contributed by atoms with Crippen molar-refractivity contribution in [3.8, 4) is 0 Å². The molecule has 0 aliphatic heterocycles. The Morgan fingerprint density at radius 2 is 1.89 bits per heavy atom. The van der Waals surface area contributed by atoms with E-state index in [2.05, 4.69) is 10.0 Å². The van der Waals surface area contributed by atoms with Crippen molar-refractivity contribution in [2.24, 2.45) is 11.7 Å². The van der Waals surface area contributed by atoms with Gasteiger partial charge in [0, 0.05) is 12.6 Å². The van der Waals surface area contributed by atoms with Crippen LogP contribution in [0.15, 0.2) is 0 Å². The fourth-order valence-electron chi connectivity index (χ4n) is 2.40. The molecule has 8 heteroatoms. The highest BCUT2D eigenvalue weighted by Gasteiger charge is 2.25. The summed E-state index contributed by atoms with van der Waals surface area (Å²) in [7, 11) is -2.21. The summed E-state index contributed by atoms with van der Waals surface area (Å²) < 4.78 is 24.6. The quantitative estimate of drug-likeness (QED) is 0.641. The van der Waals surface area contributed by atoms with E-state index in [1.165, 1.54) is 13.5 Å². The van der Waals surface area contributed by atoms with Crippen LogP contribution in [0.25, 0.3) is 0 Å². The lowest BCUT2D eigenvalue weighted by atomic mass is 9.84. The summed E-state index contributed by atoms with van der Waals surface area (Å²) in [6.07, 6.45) is 5.66. The van der Waals surface area contributed by atoms with Crippen molar-refractivity contribution in [1.29, 1.82) is 0 Å². The zero-order valence-corrected chi connectivity index (χ0v) is 12.9. The molecule has 1 amide bonds. The van der Waals surface area contributed by atoms with E-state index < -0.39 is 21.7 Å². The van der Waals surface area contributed by atoms with Gasteiger partial charge in [-0.2, -0.15) is 0 Å². The number of hydrogen-bond donors (Lipinski definition) is 3. The average molecular weight is 314 g/mol. The van der Waals surface area contributed by atoms with Gasteiger partial charge in [-0.1, -0.05) is 19.3 Å². The summed E-state index contributed by atoms with van der Waals surface area (Å²) in [5.74, 6) is -0.637. The topological polar surface area (TPSA) is 101 Å². The van der Waals surface area contributed by atoms with E-state index in [0.29, 0.717) is 12.5 Å². The number of carbonyl (C=O) groups excluding carboxylic acids is 1. The van der Waals surface area contributed by atoms with E-state index in [1.807, 2.05) is 0 Å². The minimum Gasteiger partial charge on any atom is -0.351 e. The van der Waals surface area contributed by atoms with E-state index in [9.17, 15) is 13.2 Å². The Bertz CT molecular complexity index is 369. The van der Waals surface area contributed by atoms with E-state index in [1.54, 1.807) is 0 Å². The molecule has 0 aromatic carbocycles. The first kappa shape index (κ1) is 18.6. The van der Waals surface area contributed by atoms with Crippen LogP contribution in [0.1, 0.15) is 32.1 Å². The monoisotopic (exact) mass is 313 g/mol. The first-order valence-electron chi connectivity index (χ1n) is 6.39.